The van der Waals surface area contributed by atoms with Crippen LogP contribution in [0.1, 0.15) is 20.3 Å². The first-order valence-corrected chi connectivity index (χ1v) is 7.94. The summed E-state index contributed by atoms with van der Waals surface area (Å²) in [6.45, 7) is 6.10. The topological polar surface area (TPSA) is 78.1 Å². The molecule has 1 aromatic rings. The molecule has 2 amide bonds. The number of carbonyl (C=O) groups excluding carboxylic acids is 1. The highest BCUT2D eigenvalue weighted by Crippen LogP contribution is 2.39. The van der Waals surface area contributed by atoms with Crippen molar-refractivity contribution in [1.82, 2.24) is 5.32 Å². The Hall–Kier alpha value is -2.15. The van der Waals surface area contributed by atoms with Gasteiger partial charge in [-0.1, -0.05) is 13.8 Å². The molecule has 0 radical (unpaired) electrons. The van der Waals surface area contributed by atoms with E-state index in [1.54, 1.807) is 12.1 Å². The normalized spacial score (nSPS) is 10.4. The van der Waals surface area contributed by atoms with Crippen LogP contribution >= 0.6 is 0 Å². The van der Waals surface area contributed by atoms with Crippen molar-refractivity contribution in [3.63, 3.8) is 0 Å². The van der Waals surface area contributed by atoms with E-state index in [9.17, 15) is 4.79 Å². The summed E-state index contributed by atoms with van der Waals surface area (Å²) in [6.07, 6.45) is 0.759. The van der Waals surface area contributed by atoms with E-state index in [4.69, 9.17) is 18.9 Å². The van der Waals surface area contributed by atoms with Crippen molar-refractivity contribution in [3.05, 3.63) is 12.1 Å². The minimum absolute atomic E-state index is 0.298. The first-order valence-electron chi connectivity index (χ1n) is 7.94. The fourth-order valence-electron chi connectivity index (χ4n) is 2.02. The van der Waals surface area contributed by atoms with Crippen LogP contribution in [0.3, 0.4) is 0 Å². The van der Waals surface area contributed by atoms with Crippen LogP contribution in [0.15, 0.2) is 12.1 Å². The molecule has 2 N–H and O–H groups in total. The maximum Gasteiger partial charge on any atom is 0.319 e. The number of methoxy groups -OCH3 is 3. The van der Waals surface area contributed by atoms with Gasteiger partial charge in [0.1, 0.15) is 0 Å². The molecule has 0 aliphatic heterocycles. The van der Waals surface area contributed by atoms with Gasteiger partial charge in [0.25, 0.3) is 0 Å². The third-order valence-electron chi connectivity index (χ3n) is 3.12. The summed E-state index contributed by atoms with van der Waals surface area (Å²) in [7, 11) is 4.58. The molecule has 1 rings (SSSR count). The van der Waals surface area contributed by atoms with E-state index < -0.39 is 0 Å². The lowest BCUT2D eigenvalue weighted by Gasteiger charge is -2.15. The molecule has 0 atom stereocenters. The molecule has 1 aromatic carbocycles. The Balaban J connectivity index is 2.49. The van der Waals surface area contributed by atoms with E-state index in [1.807, 2.05) is 0 Å². The van der Waals surface area contributed by atoms with Gasteiger partial charge in [0.15, 0.2) is 11.5 Å². The van der Waals surface area contributed by atoms with Crippen LogP contribution in [0, 0.1) is 5.92 Å². The number of carbonyl (C=O) groups is 1. The summed E-state index contributed by atoms with van der Waals surface area (Å²) in [5, 5.41) is 5.53. The molecule has 0 unspecified atom stereocenters. The van der Waals surface area contributed by atoms with E-state index in [-0.39, 0.29) is 6.03 Å². The summed E-state index contributed by atoms with van der Waals surface area (Å²) in [5.74, 6) is 1.96. The summed E-state index contributed by atoms with van der Waals surface area (Å²) in [6, 6.07) is 3.05. The molecule has 0 bridgehead atoms. The van der Waals surface area contributed by atoms with Crippen LogP contribution in [-0.2, 0) is 4.74 Å². The lowest BCUT2D eigenvalue weighted by molar-refractivity contribution is 0.108. The van der Waals surface area contributed by atoms with Gasteiger partial charge in [-0.15, -0.1) is 0 Å². The second-order valence-corrected chi connectivity index (χ2v) is 5.62. The van der Waals surface area contributed by atoms with Gasteiger partial charge in [0.2, 0.25) is 5.75 Å². The van der Waals surface area contributed by atoms with E-state index in [2.05, 4.69) is 24.5 Å². The maximum absolute atomic E-state index is 11.9. The molecule has 0 heterocycles. The van der Waals surface area contributed by atoms with Crippen LogP contribution in [0.5, 0.6) is 17.2 Å². The van der Waals surface area contributed by atoms with Crippen molar-refractivity contribution < 1.29 is 23.7 Å². The van der Waals surface area contributed by atoms with Gasteiger partial charge in [-0.2, -0.15) is 0 Å². The van der Waals surface area contributed by atoms with E-state index in [0.717, 1.165) is 13.0 Å². The van der Waals surface area contributed by atoms with Crippen molar-refractivity contribution in [2.24, 2.45) is 5.92 Å². The molecule has 0 saturated carbocycles. The van der Waals surface area contributed by atoms with Crippen molar-refractivity contribution in [3.8, 4) is 17.2 Å². The second kappa shape index (κ2) is 10.6. The third-order valence-corrected chi connectivity index (χ3v) is 3.12. The van der Waals surface area contributed by atoms with Crippen molar-refractivity contribution in [1.29, 1.82) is 0 Å². The zero-order valence-electron chi connectivity index (χ0n) is 15.1. The number of hydrogen-bond acceptors (Lipinski definition) is 5. The van der Waals surface area contributed by atoms with Gasteiger partial charge < -0.3 is 29.6 Å². The molecule has 0 saturated heterocycles. The molecule has 7 nitrogen and oxygen atoms in total. The van der Waals surface area contributed by atoms with Gasteiger partial charge in [0, 0.05) is 31.9 Å². The molecule has 24 heavy (non-hydrogen) atoms. The summed E-state index contributed by atoms with van der Waals surface area (Å²) >= 11 is 0. The third kappa shape index (κ3) is 6.54. The maximum atomic E-state index is 11.9. The molecular weight excluding hydrogens is 312 g/mol. The summed E-state index contributed by atoms with van der Waals surface area (Å²) < 4.78 is 21.2. The van der Waals surface area contributed by atoms with Crippen LogP contribution in [0.4, 0.5) is 10.5 Å². The Labute approximate surface area is 143 Å². The van der Waals surface area contributed by atoms with Gasteiger partial charge >= 0.3 is 6.03 Å². The highest BCUT2D eigenvalue weighted by molar-refractivity contribution is 5.90. The SMILES string of the molecule is COc1cc(NC(=O)NCCCOCC(C)C)cc(OC)c1OC. The van der Waals surface area contributed by atoms with Gasteiger partial charge in [0.05, 0.1) is 27.0 Å². The minimum Gasteiger partial charge on any atom is -0.493 e. The predicted octanol–water partition coefficient (Wildman–Crippen LogP) is 2.90. The van der Waals surface area contributed by atoms with Crippen molar-refractivity contribution >= 4 is 11.7 Å². The first kappa shape index (κ1) is 19.9. The minimum atomic E-state index is -0.298. The highest BCUT2D eigenvalue weighted by atomic mass is 16.5. The zero-order valence-corrected chi connectivity index (χ0v) is 15.1. The predicted molar refractivity (Wildman–Crippen MR) is 93.4 cm³/mol. The van der Waals surface area contributed by atoms with E-state index in [1.165, 1.54) is 21.3 Å². The monoisotopic (exact) mass is 340 g/mol. The Bertz CT molecular complexity index is 495. The van der Waals surface area contributed by atoms with Crippen LogP contribution in [0.25, 0.3) is 0 Å². The quantitative estimate of drug-likeness (QED) is 0.640. The van der Waals surface area contributed by atoms with E-state index >= 15 is 0 Å². The standard InChI is InChI=1S/C17H28N2O5/c1-12(2)11-24-8-6-7-18-17(20)19-13-9-14(21-3)16(23-5)15(10-13)22-4/h9-10,12H,6-8,11H2,1-5H3,(H2,18,19,20). The Morgan fingerprint density at radius 3 is 2.21 bits per heavy atom. The molecule has 0 fully saturated rings. The molecule has 136 valence electrons. The molecule has 7 heteroatoms. The largest absolute Gasteiger partial charge is 0.493 e. The van der Waals surface area contributed by atoms with Gasteiger partial charge in [-0.05, 0) is 12.3 Å². The smallest absolute Gasteiger partial charge is 0.319 e. The van der Waals surface area contributed by atoms with Gasteiger partial charge in [-0.3, -0.25) is 0 Å². The molecule has 0 aromatic heterocycles. The fraction of sp³-hybridized carbons (Fsp3) is 0.588. The number of benzene rings is 1. The summed E-state index contributed by atoms with van der Waals surface area (Å²) in [4.78, 5) is 11.9. The number of ether oxygens (including phenoxy) is 4. The van der Waals surface area contributed by atoms with Crippen LogP contribution in [0.2, 0.25) is 0 Å². The van der Waals surface area contributed by atoms with Crippen LogP contribution in [-0.4, -0.2) is 47.1 Å². The van der Waals surface area contributed by atoms with E-state index in [0.29, 0.717) is 42.0 Å². The lowest BCUT2D eigenvalue weighted by Crippen LogP contribution is -2.30. The molecule has 0 aliphatic rings. The molecule has 0 aliphatic carbocycles. The number of nitrogens with one attached hydrogen (secondary N) is 2. The number of anilines is 1. The molecular formula is C17H28N2O5. The first-order chi connectivity index (χ1) is 11.5. The Morgan fingerprint density at radius 2 is 1.71 bits per heavy atom. The van der Waals surface area contributed by atoms with Gasteiger partial charge in [-0.25, -0.2) is 4.79 Å². The number of amides is 2. The Kier molecular flexibility index (Phi) is 8.78. The highest BCUT2D eigenvalue weighted by Gasteiger charge is 2.14. The number of rotatable bonds is 10. The number of hydrogen-bond donors (Lipinski definition) is 2. The Morgan fingerprint density at radius 1 is 1.08 bits per heavy atom. The lowest BCUT2D eigenvalue weighted by atomic mass is 10.2. The zero-order chi connectivity index (χ0) is 17.9. The average molecular weight is 340 g/mol. The average Bonchev–Trinajstić information content (AvgIpc) is 2.56. The van der Waals surface area contributed by atoms with Crippen LogP contribution < -0.4 is 24.8 Å². The van der Waals surface area contributed by atoms with Crippen molar-refractivity contribution in [2.45, 2.75) is 20.3 Å². The summed E-state index contributed by atoms with van der Waals surface area (Å²) in [5.41, 5.74) is 0.554. The van der Waals surface area contributed by atoms with Crippen molar-refractivity contribution in [2.75, 3.05) is 46.4 Å². The fourth-order valence-corrected chi connectivity index (χ4v) is 2.02. The molecule has 0 spiro atoms. The second-order valence-electron chi connectivity index (χ2n) is 5.62. The number of urea groups is 1.